The third-order valence-corrected chi connectivity index (χ3v) is 2.70. The van der Waals surface area contributed by atoms with Crippen molar-refractivity contribution in [3.05, 3.63) is 24.8 Å². The van der Waals surface area contributed by atoms with Crippen LogP contribution in [0.3, 0.4) is 0 Å². The van der Waals surface area contributed by atoms with Gasteiger partial charge in [0.25, 0.3) is 0 Å². The molecule has 0 nitrogen and oxygen atoms in total. The second kappa shape index (κ2) is 5.17. The predicted octanol–water partition coefficient (Wildman–Crippen LogP) is 3.95. The van der Waals surface area contributed by atoms with Gasteiger partial charge >= 0.3 is 0 Å². The molecule has 0 amide bonds. The number of allylic oxidation sites excluding steroid dienone is 3. The summed E-state index contributed by atoms with van der Waals surface area (Å²) in [5.74, 6) is 0. The summed E-state index contributed by atoms with van der Waals surface area (Å²) < 4.78 is 0. The average Bonchev–Trinajstić information content (AvgIpc) is 2.08. The first kappa shape index (κ1) is 10.5. The van der Waals surface area contributed by atoms with E-state index in [4.69, 9.17) is 0 Å². The van der Waals surface area contributed by atoms with Gasteiger partial charge in [0, 0.05) is 0 Å². The molecule has 0 spiro atoms. The molecule has 0 rings (SSSR count). The van der Waals surface area contributed by atoms with E-state index in [0.717, 1.165) is 0 Å². The topological polar surface area (TPSA) is 0 Å². The predicted molar refractivity (Wildman–Crippen MR) is 52.6 cm³/mol. The second-order valence-electron chi connectivity index (χ2n) is 3.02. The zero-order valence-corrected chi connectivity index (χ0v) is 8.06. The van der Waals surface area contributed by atoms with Gasteiger partial charge in [-0.2, -0.15) is 0 Å². The zero-order valence-electron chi connectivity index (χ0n) is 8.06. The Labute approximate surface area is 71.0 Å². The summed E-state index contributed by atoms with van der Waals surface area (Å²) >= 11 is 0. The lowest BCUT2D eigenvalue weighted by Crippen LogP contribution is -2.13. The van der Waals surface area contributed by atoms with Gasteiger partial charge in [0.05, 0.1) is 0 Å². The van der Waals surface area contributed by atoms with Gasteiger partial charge in [0.15, 0.2) is 0 Å². The molecule has 0 N–H and O–H groups in total. The van der Waals surface area contributed by atoms with Crippen LogP contribution in [0.15, 0.2) is 24.8 Å². The highest BCUT2D eigenvalue weighted by Gasteiger charge is 2.18. The first-order valence-electron chi connectivity index (χ1n) is 4.55. The Kier molecular flexibility index (Phi) is 4.93. The molecule has 0 atom stereocenters. The maximum Gasteiger partial charge on any atom is -0.0123 e. The largest absolute Gasteiger partial charge is 0.0991 e. The van der Waals surface area contributed by atoms with E-state index in [-0.39, 0.29) is 0 Å². The van der Waals surface area contributed by atoms with Gasteiger partial charge < -0.3 is 0 Å². The van der Waals surface area contributed by atoms with Crippen LogP contribution in [0.5, 0.6) is 0 Å². The molecule has 0 heterocycles. The minimum absolute atomic E-state index is 0.425. The standard InChI is InChI=1S/C11H20/c1-5-9-10-11(6-2,7-3)8-4/h5,9-10H,1,6-8H2,2-4H3. The summed E-state index contributed by atoms with van der Waals surface area (Å²) in [5, 5.41) is 0. The third-order valence-electron chi connectivity index (χ3n) is 2.70. The van der Waals surface area contributed by atoms with Crippen molar-refractivity contribution in [2.75, 3.05) is 0 Å². The Bertz CT molecular complexity index is 119. The molecule has 0 fully saturated rings. The van der Waals surface area contributed by atoms with Crippen LogP contribution in [0, 0.1) is 5.41 Å². The number of hydrogen-bond donors (Lipinski definition) is 0. The molecule has 0 heteroatoms. The highest BCUT2D eigenvalue weighted by Crippen LogP contribution is 2.31. The molecule has 0 saturated carbocycles. The maximum absolute atomic E-state index is 3.68. The SMILES string of the molecule is C=CC=CC(CC)(CC)CC. The van der Waals surface area contributed by atoms with E-state index < -0.39 is 0 Å². The van der Waals surface area contributed by atoms with Crippen molar-refractivity contribution < 1.29 is 0 Å². The Morgan fingerprint density at radius 2 is 1.55 bits per heavy atom. The number of rotatable bonds is 5. The summed E-state index contributed by atoms with van der Waals surface area (Å²) in [6.45, 7) is 10.4. The minimum Gasteiger partial charge on any atom is -0.0991 e. The van der Waals surface area contributed by atoms with Crippen molar-refractivity contribution in [1.29, 1.82) is 0 Å². The van der Waals surface area contributed by atoms with Crippen LogP contribution in [0.4, 0.5) is 0 Å². The van der Waals surface area contributed by atoms with E-state index in [9.17, 15) is 0 Å². The average molecular weight is 152 g/mol. The Morgan fingerprint density at radius 1 is 1.09 bits per heavy atom. The fourth-order valence-electron chi connectivity index (χ4n) is 1.38. The lowest BCUT2D eigenvalue weighted by atomic mass is 9.79. The minimum atomic E-state index is 0.425. The molecular formula is C11H20. The molecular weight excluding hydrogens is 132 g/mol. The first-order chi connectivity index (χ1) is 5.24. The quantitative estimate of drug-likeness (QED) is 0.523. The molecule has 11 heavy (non-hydrogen) atoms. The van der Waals surface area contributed by atoms with Crippen LogP contribution in [-0.4, -0.2) is 0 Å². The lowest BCUT2D eigenvalue weighted by Gasteiger charge is -2.25. The van der Waals surface area contributed by atoms with Gasteiger partial charge in [-0.05, 0) is 24.7 Å². The van der Waals surface area contributed by atoms with Crippen molar-refractivity contribution in [2.24, 2.45) is 5.41 Å². The van der Waals surface area contributed by atoms with E-state index >= 15 is 0 Å². The summed E-state index contributed by atoms with van der Waals surface area (Å²) in [4.78, 5) is 0. The van der Waals surface area contributed by atoms with Crippen molar-refractivity contribution >= 4 is 0 Å². The van der Waals surface area contributed by atoms with Crippen LogP contribution in [0.2, 0.25) is 0 Å². The Morgan fingerprint density at radius 3 is 1.82 bits per heavy atom. The van der Waals surface area contributed by atoms with E-state index in [0.29, 0.717) is 5.41 Å². The van der Waals surface area contributed by atoms with Crippen molar-refractivity contribution in [3.63, 3.8) is 0 Å². The summed E-state index contributed by atoms with van der Waals surface area (Å²) in [7, 11) is 0. The smallest absolute Gasteiger partial charge is 0.0123 e. The molecule has 0 aromatic carbocycles. The normalized spacial score (nSPS) is 12.3. The molecule has 0 aromatic rings. The van der Waals surface area contributed by atoms with Crippen molar-refractivity contribution in [2.45, 2.75) is 40.0 Å². The first-order valence-corrected chi connectivity index (χ1v) is 4.55. The van der Waals surface area contributed by atoms with Gasteiger partial charge in [-0.1, -0.05) is 45.6 Å². The van der Waals surface area contributed by atoms with Crippen molar-refractivity contribution in [3.8, 4) is 0 Å². The molecule has 0 aliphatic rings. The van der Waals surface area contributed by atoms with Gasteiger partial charge in [0.2, 0.25) is 0 Å². The van der Waals surface area contributed by atoms with E-state index in [1.165, 1.54) is 19.3 Å². The zero-order chi connectivity index (χ0) is 8.74. The fraction of sp³-hybridized carbons (Fsp3) is 0.636. The molecule has 0 aliphatic carbocycles. The molecule has 64 valence electrons. The van der Waals surface area contributed by atoms with Crippen LogP contribution < -0.4 is 0 Å². The monoisotopic (exact) mass is 152 g/mol. The fourth-order valence-corrected chi connectivity index (χ4v) is 1.38. The van der Waals surface area contributed by atoms with Crippen LogP contribution >= 0.6 is 0 Å². The number of hydrogen-bond acceptors (Lipinski definition) is 0. The van der Waals surface area contributed by atoms with E-state index in [1.54, 1.807) is 0 Å². The van der Waals surface area contributed by atoms with Crippen LogP contribution in [0.1, 0.15) is 40.0 Å². The summed E-state index contributed by atoms with van der Waals surface area (Å²) in [6, 6.07) is 0. The molecule has 0 radical (unpaired) electrons. The van der Waals surface area contributed by atoms with Gasteiger partial charge in [-0.3, -0.25) is 0 Å². The molecule has 0 unspecified atom stereocenters. The van der Waals surface area contributed by atoms with Gasteiger partial charge in [-0.25, -0.2) is 0 Å². The molecule has 0 bridgehead atoms. The highest BCUT2D eigenvalue weighted by atomic mass is 14.2. The second-order valence-corrected chi connectivity index (χ2v) is 3.02. The van der Waals surface area contributed by atoms with Gasteiger partial charge in [-0.15, -0.1) is 0 Å². The summed E-state index contributed by atoms with van der Waals surface area (Å²) in [5.41, 5.74) is 0.425. The van der Waals surface area contributed by atoms with E-state index in [2.05, 4.69) is 39.5 Å². The van der Waals surface area contributed by atoms with Crippen LogP contribution in [0.25, 0.3) is 0 Å². The lowest BCUT2D eigenvalue weighted by molar-refractivity contribution is 0.339. The molecule has 0 aliphatic heterocycles. The van der Waals surface area contributed by atoms with Gasteiger partial charge in [0.1, 0.15) is 0 Å². The summed E-state index contributed by atoms with van der Waals surface area (Å²) in [6.07, 6.45) is 9.89. The van der Waals surface area contributed by atoms with Crippen LogP contribution in [-0.2, 0) is 0 Å². The van der Waals surface area contributed by atoms with Crippen molar-refractivity contribution in [1.82, 2.24) is 0 Å². The maximum atomic E-state index is 3.68. The Hall–Kier alpha value is -0.520. The third kappa shape index (κ3) is 2.92. The molecule has 0 aromatic heterocycles. The van der Waals surface area contributed by atoms with E-state index in [1.807, 2.05) is 6.08 Å². The molecule has 0 saturated heterocycles. The Balaban J connectivity index is 4.27. The highest BCUT2D eigenvalue weighted by molar-refractivity contribution is 5.05.